The van der Waals surface area contributed by atoms with E-state index in [1.807, 2.05) is 13.8 Å². The third-order valence-corrected chi connectivity index (χ3v) is 6.30. The Labute approximate surface area is 168 Å². The Balaban J connectivity index is 1.98. The quantitative estimate of drug-likeness (QED) is 0.773. The van der Waals surface area contributed by atoms with Crippen LogP contribution in [0.25, 0.3) is 10.2 Å². The zero-order chi connectivity index (χ0) is 20.4. The number of amides is 1. The monoisotopic (exact) mass is 405 g/mol. The van der Waals surface area contributed by atoms with E-state index in [9.17, 15) is 14.4 Å². The largest absolute Gasteiger partial charge is 0.467 e. The number of aromatic nitrogens is 2. The highest BCUT2D eigenvalue weighted by Crippen LogP contribution is 2.28. The van der Waals surface area contributed by atoms with E-state index in [0.717, 1.165) is 31.5 Å². The van der Waals surface area contributed by atoms with Crippen LogP contribution in [0.5, 0.6) is 0 Å². The molecule has 28 heavy (non-hydrogen) atoms. The molecule has 152 valence electrons. The lowest BCUT2D eigenvalue weighted by atomic mass is 10.0. The maximum absolute atomic E-state index is 13.0. The van der Waals surface area contributed by atoms with Gasteiger partial charge in [-0.1, -0.05) is 20.3 Å². The van der Waals surface area contributed by atoms with E-state index in [-0.39, 0.29) is 17.4 Å². The summed E-state index contributed by atoms with van der Waals surface area (Å²) < 4.78 is 6.58. The number of hydrogen-bond donors (Lipinski definition) is 1. The molecule has 0 saturated carbocycles. The van der Waals surface area contributed by atoms with Crippen molar-refractivity contribution in [1.29, 1.82) is 0 Å². The molecule has 3 heterocycles. The number of carbonyl (C=O) groups is 2. The van der Waals surface area contributed by atoms with Gasteiger partial charge in [-0.05, 0) is 37.7 Å². The average Bonchev–Trinajstić information content (AvgIpc) is 2.82. The molecule has 3 rings (SSSR count). The number of fused-ring (bicyclic) bond motifs is 2. The molecule has 0 saturated heterocycles. The van der Waals surface area contributed by atoms with Crippen LogP contribution in [-0.4, -0.2) is 34.6 Å². The van der Waals surface area contributed by atoms with E-state index >= 15 is 0 Å². The predicted molar refractivity (Wildman–Crippen MR) is 109 cm³/mol. The molecule has 1 amide bonds. The minimum absolute atomic E-state index is 0.0681. The summed E-state index contributed by atoms with van der Waals surface area (Å²) in [4.78, 5) is 43.7. The molecule has 0 aromatic carbocycles. The molecule has 1 atom stereocenters. The number of nitrogens with one attached hydrogen (secondary N) is 1. The molecule has 0 bridgehead atoms. The molecular formula is C20H27N3O4S. The summed E-state index contributed by atoms with van der Waals surface area (Å²) in [5.74, 6) is 0.187. The first kappa shape index (κ1) is 20.5. The Kier molecular flexibility index (Phi) is 6.17. The maximum atomic E-state index is 13.0. The van der Waals surface area contributed by atoms with Crippen LogP contribution in [0.4, 0.5) is 0 Å². The van der Waals surface area contributed by atoms with Crippen LogP contribution >= 0.6 is 11.3 Å². The van der Waals surface area contributed by atoms with Crippen molar-refractivity contribution >= 4 is 33.4 Å². The minimum Gasteiger partial charge on any atom is -0.467 e. The van der Waals surface area contributed by atoms with Crippen molar-refractivity contribution in [3.63, 3.8) is 0 Å². The molecule has 1 aliphatic heterocycles. The van der Waals surface area contributed by atoms with Gasteiger partial charge in [0, 0.05) is 13.0 Å². The van der Waals surface area contributed by atoms with Crippen LogP contribution in [0.2, 0.25) is 0 Å². The summed E-state index contributed by atoms with van der Waals surface area (Å²) in [6, 6.07) is -0.715. The molecule has 2 aromatic rings. The van der Waals surface area contributed by atoms with E-state index in [1.54, 1.807) is 11.5 Å². The van der Waals surface area contributed by atoms with Gasteiger partial charge in [-0.15, -0.1) is 11.3 Å². The first-order valence-electron chi connectivity index (χ1n) is 9.75. The third-order valence-electron chi connectivity index (χ3n) is 5.12. The van der Waals surface area contributed by atoms with E-state index in [4.69, 9.17) is 4.74 Å². The minimum atomic E-state index is -0.715. The fourth-order valence-electron chi connectivity index (χ4n) is 3.68. The fraction of sp³-hybridized carbons (Fsp3) is 0.600. The summed E-state index contributed by atoms with van der Waals surface area (Å²) in [6.45, 7) is 6.40. The van der Waals surface area contributed by atoms with Gasteiger partial charge in [-0.3, -0.25) is 14.2 Å². The van der Waals surface area contributed by atoms with Crippen LogP contribution in [0.15, 0.2) is 4.79 Å². The first-order valence-corrected chi connectivity index (χ1v) is 10.6. The second kappa shape index (κ2) is 8.43. The lowest BCUT2D eigenvalue weighted by Crippen LogP contribution is -2.42. The number of aryl methyl sites for hydroxylation is 2. The maximum Gasteiger partial charge on any atom is 0.328 e. The summed E-state index contributed by atoms with van der Waals surface area (Å²) in [7, 11) is 1.31. The molecule has 2 aromatic heterocycles. The van der Waals surface area contributed by atoms with Gasteiger partial charge < -0.3 is 10.1 Å². The molecule has 7 nitrogen and oxygen atoms in total. The molecule has 0 spiro atoms. The number of methoxy groups -OCH3 is 1. The Morgan fingerprint density at radius 3 is 2.71 bits per heavy atom. The molecule has 0 aliphatic carbocycles. The van der Waals surface area contributed by atoms with Gasteiger partial charge in [0.05, 0.1) is 17.4 Å². The van der Waals surface area contributed by atoms with Gasteiger partial charge in [0.2, 0.25) is 0 Å². The van der Waals surface area contributed by atoms with Gasteiger partial charge >= 0.3 is 5.97 Å². The molecule has 0 fully saturated rings. The summed E-state index contributed by atoms with van der Waals surface area (Å²) in [5, 5.41) is 3.29. The SMILES string of the molecule is COC(=O)C(CC(C)C)NC(=O)c1sc2nc3n(c(=O)c2c1C)CCCCC3. The summed E-state index contributed by atoms with van der Waals surface area (Å²) in [5.41, 5.74) is 0.559. The Morgan fingerprint density at radius 1 is 1.29 bits per heavy atom. The average molecular weight is 406 g/mol. The van der Waals surface area contributed by atoms with Gasteiger partial charge in [0.15, 0.2) is 0 Å². The summed E-state index contributed by atoms with van der Waals surface area (Å²) >= 11 is 1.22. The van der Waals surface area contributed by atoms with Gasteiger partial charge in [-0.25, -0.2) is 9.78 Å². The molecule has 1 unspecified atom stereocenters. The van der Waals surface area contributed by atoms with Crippen molar-refractivity contribution in [3.8, 4) is 0 Å². The molecule has 1 N–H and O–H groups in total. The lowest BCUT2D eigenvalue weighted by Gasteiger charge is -2.18. The van der Waals surface area contributed by atoms with Gasteiger partial charge in [0.25, 0.3) is 11.5 Å². The van der Waals surface area contributed by atoms with E-state index in [0.29, 0.717) is 33.6 Å². The van der Waals surface area contributed by atoms with Crippen molar-refractivity contribution in [2.24, 2.45) is 5.92 Å². The van der Waals surface area contributed by atoms with E-state index < -0.39 is 12.0 Å². The highest BCUT2D eigenvalue weighted by Gasteiger charge is 2.27. The number of esters is 1. The Morgan fingerprint density at radius 2 is 2.04 bits per heavy atom. The van der Waals surface area contributed by atoms with Crippen LogP contribution in [0.1, 0.15) is 60.6 Å². The van der Waals surface area contributed by atoms with E-state index in [1.165, 1.54) is 18.4 Å². The Bertz CT molecular complexity index is 960. The van der Waals surface area contributed by atoms with Crippen molar-refractivity contribution in [3.05, 3.63) is 26.6 Å². The number of thiophene rings is 1. The van der Waals surface area contributed by atoms with Crippen LogP contribution in [-0.2, 0) is 22.5 Å². The zero-order valence-corrected chi connectivity index (χ0v) is 17.6. The standard InChI is InChI=1S/C20H27N3O4S/c1-11(2)10-13(20(26)27-4)21-17(24)16-12(3)15-18(28-16)22-14-8-6-5-7-9-23(14)19(15)25/h11,13H,5-10H2,1-4H3,(H,21,24). The van der Waals surface area contributed by atoms with Crippen LogP contribution < -0.4 is 10.9 Å². The third kappa shape index (κ3) is 3.97. The molecule has 8 heteroatoms. The first-order chi connectivity index (χ1) is 13.3. The van der Waals surface area contributed by atoms with Crippen molar-refractivity contribution in [2.75, 3.05) is 7.11 Å². The lowest BCUT2D eigenvalue weighted by molar-refractivity contribution is -0.143. The second-order valence-electron chi connectivity index (χ2n) is 7.71. The molecule has 1 aliphatic rings. The number of carbonyl (C=O) groups excluding carboxylic acids is 2. The smallest absolute Gasteiger partial charge is 0.328 e. The molecular weight excluding hydrogens is 378 g/mol. The number of ether oxygens (including phenoxy) is 1. The topological polar surface area (TPSA) is 90.3 Å². The molecule has 0 radical (unpaired) electrons. The zero-order valence-electron chi connectivity index (χ0n) is 16.8. The van der Waals surface area contributed by atoms with Crippen LogP contribution in [0.3, 0.4) is 0 Å². The van der Waals surface area contributed by atoms with Gasteiger partial charge in [0.1, 0.15) is 16.7 Å². The summed E-state index contributed by atoms with van der Waals surface area (Å²) in [6.07, 6.45) is 4.34. The normalized spacial score (nSPS) is 15.2. The number of hydrogen-bond acceptors (Lipinski definition) is 6. The van der Waals surface area contributed by atoms with Crippen molar-refractivity contribution < 1.29 is 14.3 Å². The Hall–Kier alpha value is -2.22. The van der Waals surface area contributed by atoms with Crippen LogP contribution in [0, 0.1) is 12.8 Å². The highest BCUT2D eigenvalue weighted by molar-refractivity contribution is 7.20. The highest BCUT2D eigenvalue weighted by atomic mass is 32.1. The predicted octanol–water partition coefficient (Wildman–Crippen LogP) is 2.81. The number of rotatable bonds is 5. The van der Waals surface area contributed by atoms with Crippen molar-refractivity contribution in [1.82, 2.24) is 14.9 Å². The number of nitrogens with zero attached hydrogens (tertiary/aromatic N) is 2. The van der Waals surface area contributed by atoms with Crippen molar-refractivity contribution in [2.45, 2.75) is 65.5 Å². The fourth-order valence-corrected chi connectivity index (χ4v) is 4.77. The second-order valence-corrected chi connectivity index (χ2v) is 8.71. The van der Waals surface area contributed by atoms with Gasteiger partial charge in [-0.2, -0.15) is 0 Å². The van der Waals surface area contributed by atoms with E-state index in [2.05, 4.69) is 10.3 Å².